The molecule has 2 aliphatic rings. The number of hydrogen-bond donors (Lipinski definition) is 1. The molecule has 5 heterocycles. The number of aryl methyl sites for hydroxylation is 1. The number of amides is 2. The summed E-state index contributed by atoms with van der Waals surface area (Å²) in [5.74, 6) is -0.421. The van der Waals surface area contributed by atoms with E-state index in [1.807, 2.05) is 0 Å². The lowest BCUT2D eigenvalue weighted by Crippen LogP contribution is -2.29. The zero-order valence-corrected chi connectivity index (χ0v) is 15.3. The highest BCUT2D eigenvalue weighted by atomic mass is 19.1. The molecule has 1 fully saturated rings. The normalized spacial score (nSPS) is 19.5. The number of fused-ring (bicyclic) bond motifs is 6. The van der Waals surface area contributed by atoms with Gasteiger partial charge in [0.05, 0.1) is 11.9 Å². The Bertz CT molecular complexity index is 1130. The first-order valence-electron chi connectivity index (χ1n) is 9.35. The van der Waals surface area contributed by atoms with Crippen LogP contribution in [-0.2, 0) is 11.2 Å². The fourth-order valence-corrected chi connectivity index (χ4v) is 3.65. The predicted octanol–water partition coefficient (Wildman–Crippen LogP) is 2.03. The first-order valence-corrected chi connectivity index (χ1v) is 9.35. The second-order valence-corrected chi connectivity index (χ2v) is 6.99. The van der Waals surface area contributed by atoms with E-state index < -0.39 is 18.0 Å². The van der Waals surface area contributed by atoms with E-state index in [1.165, 1.54) is 27.7 Å². The Morgan fingerprint density at radius 2 is 2.10 bits per heavy atom. The summed E-state index contributed by atoms with van der Waals surface area (Å²) >= 11 is 0. The fourth-order valence-electron chi connectivity index (χ4n) is 3.65. The van der Waals surface area contributed by atoms with Crippen molar-refractivity contribution in [2.75, 3.05) is 18.1 Å². The number of pyridine rings is 1. The van der Waals surface area contributed by atoms with Crippen molar-refractivity contribution in [1.29, 1.82) is 0 Å². The topological polar surface area (TPSA) is 102 Å². The summed E-state index contributed by atoms with van der Waals surface area (Å²) in [6.45, 7) is 0.507. The average Bonchev–Trinajstić information content (AvgIpc) is 3.29. The van der Waals surface area contributed by atoms with Crippen molar-refractivity contribution >= 4 is 23.5 Å². The van der Waals surface area contributed by atoms with Crippen molar-refractivity contribution in [3.8, 4) is 0 Å². The Balaban J connectivity index is 1.66. The van der Waals surface area contributed by atoms with Gasteiger partial charge in [-0.05, 0) is 37.5 Å². The van der Waals surface area contributed by atoms with Crippen molar-refractivity contribution in [3.05, 3.63) is 53.4 Å². The van der Waals surface area contributed by atoms with Crippen LogP contribution in [0.1, 0.15) is 40.6 Å². The molecule has 3 aromatic heterocycles. The van der Waals surface area contributed by atoms with Gasteiger partial charge in [0.1, 0.15) is 29.8 Å². The number of rotatable bonds is 0. The highest BCUT2D eigenvalue weighted by molar-refractivity contribution is 6.00. The van der Waals surface area contributed by atoms with Crippen LogP contribution in [0.15, 0.2) is 30.6 Å². The van der Waals surface area contributed by atoms with Gasteiger partial charge in [-0.15, -0.1) is 0 Å². The first-order chi connectivity index (χ1) is 14.1. The maximum Gasteiger partial charge on any atom is 0.416 e. The minimum atomic E-state index is -0.614. The summed E-state index contributed by atoms with van der Waals surface area (Å²) in [4.78, 5) is 35.4. The van der Waals surface area contributed by atoms with Gasteiger partial charge in [-0.1, -0.05) is 0 Å². The minimum absolute atomic E-state index is 0.0359. The number of hydrogen-bond acceptors (Lipinski definition) is 6. The Morgan fingerprint density at radius 1 is 1.21 bits per heavy atom. The van der Waals surface area contributed by atoms with E-state index in [2.05, 4.69) is 20.4 Å². The molecule has 1 N–H and O–H groups in total. The second-order valence-electron chi connectivity index (χ2n) is 6.99. The van der Waals surface area contributed by atoms with Crippen molar-refractivity contribution in [2.45, 2.75) is 25.3 Å². The molecule has 0 aliphatic carbocycles. The van der Waals surface area contributed by atoms with E-state index in [9.17, 15) is 14.0 Å². The molecule has 0 unspecified atom stereocenters. The van der Waals surface area contributed by atoms with Crippen LogP contribution in [0.2, 0.25) is 0 Å². The van der Waals surface area contributed by atoms with Gasteiger partial charge in [-0.3, -0.25) is 9.78 Å². The molecule has 2 aliphatic heterocycles. The molecule has 4 bridgehead atoms. The largest absolute Gasteiger partial charge is 0.446 e. The van der Waals surface area contributed by atoms with Gasteiger partial charge in [0.25, 0.3) is 5.91 Å². The molecule has 0 radical (unpaired) electrons. The van der Waals surface area contributed by atoms with Crippen LogP contribution < -0.4 is 10.2 Å². The van der Waals surface area contributed by atoms with Crippen LogP contribution in [0.5, 0.6) is 0 Å². The Labute approximate surface area is 164 Å². The molecule has 3 aromatic rings. The van der Waals surface area contributed by atoms with E-state index in [1.54, 1.807) is 12.3 Å². The van der Waals surface area contributed by atoms with Crippen molar-refractivity contribution < 1.29 is 18.7 Å². The van der Waals surface area contributed by atoms with Crippen LogP contribution in [-0.4, -0.2) is 44.7 Å². The molecule has 1 saturated heterocycles. The molecule has 148 valence electrons. The van der Waals surface area contributed by atoms with Crippen molar-refractivity contribution in [3.63, 3.8) is 0 Å². The van der Waals surface area contributed by atoms with Crippen LogP contribution in [0.4, 0.5) is 15.0 Å². The smallest absolute Gasteiger partial charge is 0.416 e. The van der Waals surface area contributed by atoms with Gasteiger partial charge in [-0.2, -0.15) is 5.10 Å². The first kappa shape index (κ1) is 17.5. The third kappa shape index (κ3) is 3.06. The monoisotopic (exact) mass is 396 g/mol. The number of ether oxygens (including phenoxy) is 1. The molecule has 0 spiro atoms. The number of aromatic nitrogens is 4. The van der Waals surface area contributed by atoms with E-state index in [-0.39, 0.29) is 18.3 Å². The number of nitrogens with zero attached hydrogens (tertiary/aromatic N) is 5. The van der Waals surface area contributed by atoms with Gasteiger partial charge >= 0.3 is 6.09 Å². The standard InChI is InChI=1S/C19H17FN6O3/c20-11-7-12-3-1-2-5-21-18(27)13-9-22-25-6-4-16(24-17(13)25)26-15(10-29-19(26)28)14(8-11)23-12/h4,6-9,15H,1-3,5,10H2,(H,21,27)/t15-/m1/s1. The third-order valence-corrected chi connectivity index (χ3v) is 5.07. The van der Waals surface area contributed by atoms with Gasteiger partial charge < -0.3 is 10.1 Å². The van der Waals surface area contributed by atoms with Gasteiger partial charge in [-0.25, -0.2) is 23.6 Å². The molecular weight excluding hydrogens is 379 g/mol. The number of cyclic esters (lactones) is 1. The summed E-state index contributed by atoms with van der Waals surface area (Å²) in [5, 5.41) is 7.00. The summed E-state index contributed by atoms with van der Waals surface area (Å²) in [6.07, 6.45) is 4.46. The molecule has 9 nitrogen and oxygen atoms in total. The lowest BCUT2D eigenvalue weighted by atomic mass is 10.1. The quantitative estimate of drug-likeness (QED) is 0.624. The SMILES string of the molecule is O=C1NCCCCc2cc(F)cc(n2)[C@H]2COC(=O)N2c2ccn3ncc1c3n2. The number of halogens is 1. The van der Waals surface area contributed by atoms with E-state index in [4.69, 9.17) is 4.74 Å². The lowest BCUT2D eigenvalue weighted by molar-refractivity contribution is 0.0954. The van der Waals surface area contributed by atoms with Gasteiger partial charge in [0.2, 0.25) is 0 Å². The number of carbonyl (C=O) groups excluding carboxylic acids is 2. The maximum absolute atomic E-state index is 14.2. The predicted molar refractivity (Wildman–Crippen MR) is 99.0 cm³/mol. The molecule has 2 amide bonds. The molecule has 0 saturated carbocycles. The van der Waals surface area contributed by atoms with Crippen molar-refractivity contribution in [1.82, 2.24) is 24.9 Å². The number of nitrogens with one attached hydrogen (secondary N) is 1. The minimum Gasteiger partial charge on any atom is -0.446 e. The number of carbonyl (C=O) groups is 2. The maximum atomic E-state index is 14.2. The highest BCUT2D eigenvalue weighted by Gasteiger charge is 2.38. The lowest BCUT2D eigenvalue weighted by Gasteiger charge is -2.20. The average molecular weight is 396 g/mol. The summed E-state index contributed by atoms with van der Waals surface area (Å²) in [5.41, 5.74) is 1.64. The Hall–Kier alpha value is -3.56. The van der Waals surface area contributed by atoms with Crippen LogP contribution in [0.25, 0.3) is 5.65 Å². The Kier molecular flexibility index (Phi) is 4.11. The zero-order valence-electron chi connectivity index (χ0n) is 15.3. The summed E-state index contributed by atoms with van der Waals surface area (Å²) in [6, 6.07) is 3.69. The summed E-state index contributed by atoms with van der Waals surface area (Å²) in [7, 11) is 0. The van der Waals surface area contributed by atoms with Gasteiger partial charge in [0.15, 0.2) is 5.65 Å². The van der Waals surface area contributed by atoms with Crippen LogP contribution in [0.3, 0.4) is 0 Å². The molecule has 0 aromatic carbocycles. The second kappa shape index (κ2) is 6.80. The van der Waals surface area contributed by atoms with Crippen molar-refractivity contribution in [2.24, 2.45) is 0 Å². The summed E-state index contributed by atoms with van der Waals surface area (Å²) < 4.78 is 20.9. The number of anilines is 1. The highest BCUT2D eigenvalue weighted by Crippen LogP contribution is 2.32. The van der Waals surface area contributed by atoms with Crippen LogP contribution in [0, 0.1) is 5.82 Å². The Morgan fingerprint density at radius 3 is 3.00 bits per heavy atom. The molecule has 5 rings (SSSR count). The van der Waals surface area contributed by atoms with E-state index >= 15 is 0 Å². The molecule has 29 heavy (non-hydrogen) atoms. The van der Waals surface area contributed by atoms with E-state index in [0.29, 0.717) is 42.0 Å². The van der Waals surface area contributed by atoms with Gasteiger partial charge in [0, 0.05) is 18.4 Å². The van der Waals surface area contributed by atoms with Crippen LogP contribution >= 0.6 is 0 Å². The molecule has 1 atom stereocenters. The van der Waals surface area contributed by atoms with E-state index in [0.717, 1.165) is 6.42 Å². The third-order valence-electron chi connectivity index (χ3n) is 5.07. The molecular formula is C19H17FN6O3. The zero-order chi connectivity index (χ0) is 20.0. The fraction of sp³-hybridized carbons (Fsp3) is 0.316. The molecule has 10 heteroatoms.